The van der Waals surface area contributed by atoms with E-state index in [0.29, 0.717) is 12.5 Å². The van der Waals surface area contributed by atoms with Crippen molar-refractivity contribution in [3.05, 3.63) is 27.9 Å². The third-order valence-electron chi connectivity index (χ3n) is 3.69. The molecule has 1 aliphatic rings. The minimum atomic E-state index is -1.26. The van der Waals surface area contributed by atoms with E-state index >= 15 is 0 Å². The van der Waals surface area contributed by atoms with Crippen LogP contribution in [0.15, 0.2) is 12.3 Å². The highest BCUT2D eigenvalue weighted by atomic mass is 16.6. The van der Waals surface area contributed by atoms with Crippen LogP contribution in [0.5, 0.6) is 0 Å². The number of aliphatic hydroxyl groups is 1. The fourth-order valence-electron chi connectivity index (χ4n) is 2.45. The predicted molar refractivity (Wildman–Crippen MR) is 74.3 cm³/mol. The second-order valence-corrected chi connectivity index (χ2v) is 5.21. The van der Waals surface area contributed by atoms with Crippen molar-refractivity contribution < 1.29 is 19.9 Å². The van der Waals surface area contributed by atoms with Crippen LogP contribution in [0.4, 0.5) is 11.5 Å². The number of pyridine rings is 1. The first-order valence-electron chi connectivity index (χ1n) is 6.77. The Morgan fingerprint density at radius 3 is 2.67 bits per heavy atom. The SMILES string of the molecule is O=C(O)c1cc([N+](=O)[O-])cnc1NCC1CCC(O)CC1. The molecule has 0 atom stereocenters. The molecule has 0 bridgehead atoms. The summed E-state index contributed by atoms with van der Waals surface area (Å²) in [5.41, 5.74) is -0.557. The fourth-order valence-corrected chi connectivity index (χ4v) is 2.45. The average Bonchev–Trinajstić information content (AvgIpc) is 2.46. The minimum absolute atomic E-state index is 0.138. The summed E-state index contributed by atoms with van der Waals surface area (Å²) in [6.45, 7) is 0.539. The van der Waals surface area contributed by atoms with Crippen molar-refractivity contribution >= 4 is 17.5 Å². The summed E-state index contributed by atoms with van der Waals surface area (Å²) in [6, 6.07) is 1.00. The van der Waals surface area contributed by atoms with Crippen LogP contribution in [0.1, 0.15) is 36.0 Å². The molecule has 1 aliphatic carbocycles. The van der Waals surface area contributed by atoms with E-state index < -0.39 is 10.9 Å². The van der Waals surface area contributed by atoms with E-state index in [0.717, 1.165) is 37.9 Å². The number of rotatable bonds is 5. The zero-order valence-corrected chi connectivity index (χ0v) is 11.4. The van der Waals surface area contributed by atoms with Gasteiger partial charge < -0.3 is 15.5 Å². The Morgan fingerprint density at radius 2 is 2.10 bits per heavy atom. The van der Waals surface area contributed by atoms with Crippen molar-refractivity contribution in [2.75, 3.05) is 11.9 Å². The number of anilines is 1. The number of aromatic carboxylic acids is 1. The summed E-state index contributed by atoms with van der Waals surface area (Å²) in [5.74, 6) is -0.779. The minimum Gasteiger partial charge on any atom is -0.478 e. The molecule has 0 radical (unpaired) electrons. The normalized spacial score (nSPS) is 21.8. The molecule has 8 heteroatoms. The predicted octanol–water partition coefficient (Wildman–Crippen LogP) is 1.65. The lowest BCUT2D eigenvalue weighted by atomic mass is 9.87. The van der Waals surface area contributed by atoms with E-state index in [1.54, 1.807) is 0 Å². The first-order chi connectivity index (χ1) is 9.97. The lowest BCUT2D eigenvalue weighted by Crippen LogP contribution is -2.24. The second-order valence-electron chi connectivity index (χ2n) is 5.21. The first kappa shape index (κ1) is 15.2. The van der Waals surface area contributed by atoms with Crippen molar-refractivity contribution in [3.8, 4) is 0 Å². The van der Waals surface area contributed by atoms with E-state index in [1.165, 1.54) is 0 Å². The number of nitrogens with zero attached hydrogens (tertiary/aromatic N) is 2. The van der Waals surface area contributed by atoms with Crippen molar-refractivity contribution in [3.63, 3.8) is 0 Å². The van der Waals surface area contributed by atoms with E-state index in [4.69, 9.17) is 5.11 Å². The van der Waals surface area contributed by atoms with Gasteiger partial charge in [-0.25, -0.2) is 9.78 Å². The maximum atomic E-state index is 11.2. The molecule has 2 rings (SSSR count). The second kappa shape index (κ2) is 6.49. The van der Waals surface area contributed by atoms with Gasteiger partial charge in [-0.2, -0.15) is 0 Å². The Kier molecular flexibility index (Phi) is 4.69. The first-order valence-corrected chi connectivity index (χ1v) is 6.77. The zero-order valence-electron chi connectivity index (χ0n) is 11.4. The van der Waals surface area contributed by atoms with Crippen LogP contribution in [0.25, 0.3) is 0 Å². The van der Waals surface area contributed by atoms with Gasteiger partial charge in [-0.15, -0.1) is 0 Å². The standard InChI is InChI=1S/C13H17N3O5/c17-10-3-1-8(2-4-10)6-14-12-11(13(18)19)5-9(7-15-12)16(20)21/h5,7-8,10,17H,1-4,6H2,(H,14,15)(H,18,19). The number of aromatic nitrogens is 1. The number of hydrogen-bond acceptors (Lipinski definition) is 6. The molecular formula is C13H17N3O5. The van der Waals surface area contributed by atoms with E-state index in [9.17, 15) is 20.0 Å². The van der Waals surface area contributed by atoms with Crippen LogP contribution in [-0.4, -0.2) is 38.7 Å². The molecule has 8 nitrogen and oxygen atoms in total. The largest absolute Gasteiger partial charge is 0.478 e. The molecule has 1 heterocycles. The topological polar surface area (TPSA) is 126 Å². The van der Waals surface area contributed by atoms with Gasteiger partial charge in [0.1, 0.15) is 17.6 Å². The summed E-state index contributed by atoms with van der Waals surface area (Å²) in [5, 5.41) is 32.1. The molecule has 0 saturated heterocycles. The van der Waals surface area contributed by atoms with Crippen LogP contribution in [0.2, 0.25) is 0 Å². The molecule has 1 fully saturated rings. The number of nitrogens with one attached hydrogen (secondary N) is 1. The molecule has 1 aromatic heterocycles. The summed E-state index contributed by atoms with van der Waals surface area (Å²) >= 11 is 0. The van der Waals surface area contributed by atoms with Gasteiger partial charge in [-0.1, -0.05) is 0 Å². The molecule has 0 aromatic carbocycles. The van der Waals surface area contributed by atoms with Gasteiger partial charge in [0.15, 0.2) is 0 Å². The molecule has 114 valence electrons. The van der Waals surface area contributed by atoms with E-state index in [-0.39, 0.29) is 23.2 Å². The molecule has 3 N–H and O–H groups in total. The quantitative estimate of drug-likeness (QED) is 0.557. The van der Waals surface area contributed by atoms with Gasteiger partial charge >= 0.3 is 5.97 Å². The number of carboxylic acids is 1. The van der Waals surface area contributed by atoms with Gasteiger partial charge in [-0.3, -0.25) is 10.1 Å². The van der Waals surface area contributed by atoms with Gasteiger partial charge in [-0.05, 0) is 31.6 Å². The zero-order chi connectivity index (χ0) is 15.4. The lowest BCUT2D eigenvalue weighted by Gasteiger charge is -2.25. The third kappa shape index (κ3) is 3.88. The highest BCUT2D eigenvalue weighted by molar-refractivity contribution is 5.93. The van der Waals surface area contributed by atoms with Crippen LogP contribution in [-0.2, 0) is 0 Å². The number of nitro groups is 1. The van der Waals surface area contributed by atoms with Crippen molar-refractivity contribution in [1.82, 2.24) is 4.98 Å². The summed E-state index contributed by atoms with van der Waals surface area (Å²) in [7, 11) is 0. The van der Waals surface area contributed by atoms with Crippen LogP contribution in [0, 0.1) is 16.0 Å². The van der Waals surface area contributed by atoms with Gasteiger partial charge in [0.25, 0.3) is 5.69 Å². The van der Waals surface area contributed by atoms with Crippen LogP contribution in [0.3, 0.4) is 0 Å². The average molecular weight is 295 g/mol. The van der Waals surface area contributed by atoms with Gasteiger partial charge in [0.2, 0.25) is 0 Å². The van der Waals surface area contributed by atoms with E-state index in [1.807, 2.05) is 0 Å². The highest BCUT2D eigenvalue weighted by Crippen LogP contribution is 2.25. The number of hydrogen-bond donors (Lipinski definition) is 3. The Morgan fingerprint density at radius 1 is 1.43 bits per heavy atom. The maximum absolute atomic E-state index is 11.2. The number of carbonyl (C=O) groups is 1. The Bertz CT molecular complexity index is 541. The molecule has 0 amide bonds. The Hall–Kier alpha value is -2.22. The molecule has 0 unspecified atom stereocenters. The van der Waals surface area contributed by atoms with Crippen LogP contribution >= 0.6 is 0 Å². The fraction of sp³-hybridized carbons (Fsp3) is 0.538. The summed E-state index contributed by atoms with van der Waals surface area (Å²) < 4.78 is 0. The van der Waals surface area contributed by atoms with Crippen molar-refractivity contribution in [1.29, 1.82) is 0 Å². The molecular weight excluding hydrogens is 278 g/mol. The Balaban J connectivity index is 2.05. The number of aliphatic hydroxyl groups excluding tert-OH is 1. The van der Waals surface area contributed by atoms with E-state index in [2.05, 4.69) is 10.3 Å². The smallest absolute Gasteiger partial charge is 0.339 e. The highest BCUT2D eigenvalue weighted by Gasteiger charge is 2.21. The van der Waals surface area contributed by atoms with Gasteiger partial charge in [0.05, 0.1) is 11.0 Å². The number of carboxylic acid groups (broad SMARTS) is 1. The molecule has 0 spiro atoms. The lowest BCUT2D eigenvalue weighted by molar-refractivity contribution is -0.385. The molecule has 21 heavy (non-hydrogen) atoms. The van der Waals surface area contributed by atoms with Crippen molar-refractivity contribution in [2.45, 2.75) is 31.8 Å². The molecule has 0 aliphatic heterocycles. The molecule has 1 aromatic rings. The monoisotopic (exact) mass is 295 g/mol. The molecule has 1 saturated carbocycles. The van der Waals surface area contributed by atoms with Crippen LogP contribution < -0.4 is 5.32 Å². The summed E-state index contributed by atoms with van der Waals surface area (Å²) in [6.07, 6.45) is 4.01. The Labute approximate surface area is 121 Å². The maximum Gasteiger partial charge on any atom is 0.339 e. The van der Waals surface area contributed by atoms with Gasteiger partial charge in [0, 0.05) is 12.6 Å². The van der Waals surface area contributed by atoms with Crippen molar-refractivity contribution in [2.24, 2.45) is 5.92 Å². The summed E-state index contributed by atoms with van der Waals surface area (Å²) in [4.78, 5) is 25.0. The third-order valence-corrected chi connectivity index (χ3v) is 3.69.